The summed E-state index contributed by atoms with van der Waals surface area (Å²) in [6.45, 7) is 5.17. The first-order valence-electron chi connectivity index (χ1n) is 6.61. The summed E-state index contributed by atoms with van der Waals surface area (Å²) in [5.74, 6) is -4.72. The Morgan fingerprint density at radius 3 is 2.25 bits per heavy atom. The smallest absolute Gasteiger partial charge is 0.333 e. The zero-order valence-corrected chi connectivity index (χ0v) is 11.2. The number of carboxylic acid groups (broad SMARTS) is 2. The molecule has 2 bridgehead atoms. The molecule has 20 heavy (non-hydrogen) atoms. The quantitative estimate of drug-likeness (QED) is 0.579. The molecule has 0 spiro atoms. The van der Waals surface area contributed by atoms with Gasteiger partial charge in [-0.1, -0.05) is 6.58 Å². The van der Waals surface area contributed by atoms with Crippen LogP contribution in [-0.2, 0) is 19.1 Å². The number of carbonyl (C=O) groups excluding carboxylic acids is 1. The molecule has 2 aliphatic carbocycles. The van der Waals surface area contributed by atoms with Crippen LogP contribution in [0.25, 0.3) is 0 Å². The van der Waals surface area contributed by atoms with Crippen LogP contribution in [0.2, 0.25) is 0 Å². The molecule has 0 amide bonds. The number of carbonyl (C=O) groups is 3. The second kappa shape index (κ2) is 5.26. The van der Waals surface area contributed by atoms with Crippen LogP contribution >= 0.6 is 0 Å². The predicted octanol–water partition coefficient (Wildman–Crippen LogP) is 1.16. The van der Waals surface area contributed by atoms with Gasteiger partial charge in [0.05, 0.1) is 18.4 Å². The molecule has 2 N–H and O–H groups in total. The van der Waals surface area contributed by atoms with Crippen molar-refractivity contribution in [1.29, 1.82) is 0 Å². The van der Waals surface area contributed by atoms with E-state index in [4.69, 9.17) is 4.74 Å². The van der Waals surface area contributed by atoms with E-state index in [2.05, 4.69) is 6.58 Å². The van der Waals surface area contributed by atoms with E-state index in [9.17, 15) is 24.6 Å². The largest absolute Gasteiger partial charge is 0.481 e. The van der Waals surface area contributed by atoms with Crippen LogP contribution in [0.5, 0.6) is 0 Å². The van der Waals surface area contributed by atoms with Crippen molar-refractivity contribution in [2.24, 2.45) is 29.6 Å². The van der Waals surface area contributed by atoms with Gasteiger partial charge in [0.25, 0.3) is 0 Å². The minimum Gasteiger partial charge on any atom is -0.481 e. The lowest BCUT2D eigenvalue weighted by atomic mass is 9.74. The molecule has 2 rings (SSSR count). The van der Waals surface area contributed by atoms with Crippen molar-refractivity contribution in [3.05, 3.63) is 12.2 Å². The van der Waals surface area contributed by atoms with Crippen molar-refractivity contribution in [3.63, 3.8) is 0 Å². The zero-order valence-electron chi connectivity index (χ0n) is 11.2. The van der Waals surface area contributed by atoms with Crippen LogP contribution in [0.4, 0.5) is 0 Å². The fraction of sp³-hybridized carbons (Fsp3) is 0.643. The average Bonchev–Trinajstić information content (AvgIpc) is 2.92. The van der Waals surface area contributed by atoms with Gasteiger partial charge in [0, 0.05) is 5.57 Å². The van der Waals surface area contributed by atoms with Crippen molar-refractivity contribution >= 4 is 17.9 Å². The van der Waals surface area contributed by atoms with Crippen molar-refractivity contribution < 1.29 is 29.3 Å². The van der Waals surface area contributed by atoms with E-state index in [1.807, 2.05) is 0 Å². The van der Waals surface area contributed by atoms with Crippen molar-refractivity contribution in [2.75, 3.05) is 6.61 Å². The molecular formula is C14H18O6. The maximum atomic E-state index is 11.4. The van der Waals surface area contributed by atoms with Gasteiger partial charge in [-0.05, 0) is 37.5 Å². The highest BCUT2D eigenvalue weighted by Crippen LogP contribution is 2.55. The number of rotatable bonds is 5. The van der Waals surface area contributed by atoms with Crippen LogP contribution in [0.3, 0.4) is 0 Å². The Balaban J connectivity index is 2.04. The monoisotopic (exact) mass is 282 g/mol. The SMILES string of the molecule is C=C(C)C(=O)OCC1CC2CC1C(C(=O)O)C2C(=O)O. The third kappa shape index (κ3) is 2.42. The lowest BCUT2D eigenvalue weighted by molar-refractivity contribution is -0.158. The van der Waals surface area contributed by atoms with Gasteiger partial charge >= 0.3 is 17.9 Å². The van der Waals surface area contributed by atoms with E-state index in [1.54, 1.807) is 6.92 Å². The predicted molar refractivity (Wildman–Crippen MR) is 67.7 cm³/mol. The lowest BCUT2D eigenvalue weighted by Gasteiger charge is -2.30. The van der Waals surface area contributed by atoms with Gasteiger partial charge < -0.3 is 14.9 Å². The summed E-state index contributed by atoms with van der Waals surface area (Å²) in [5.41, 5.74) is 0.298. The Labute approximate surface area is 116 Å². The number of ether oxygens (including phenoxy) is 1. The third-order valence-corrected chi connectivity index (χ3v) is 4.49. The number of hydrogen-bond donors (Lipinski definition) is 2. The highest BCUT2D eigenvalue weighted by Gasteiger charge is 2.58. The van der Waals surface area contributed by atoms with Gasteiger partial charge in [-0.2, -0.15) is 0 Å². The van der Waals surface area contributed by atoms with E-state index >= 15 is 0 Å². The molecule has 0 saturated heterocycles. The molecule has 0 aliphatic heterocycles. The molecule has 2 saturated carbocycles. The first kappa shape index (κ1) is 14.6. The minimum atomic E-state index is -1.07. The number of esters is 1. The Morgan fingerprint density at radius 1 is 1.15 bits per heavy atom. The fourth-order valence-electron chi connectivity index (χ4n) is 3.68. The second-order valence-corrected chi connectivity index (χ2v) is 5.76. The number of aliphatic carboxylic acids is 2. The summed E-state index contributed by atoms with van der Waals surface area (Å²) in [5, 5.41) is 18.4. The molecule has 6 heteroatoms. The van der Waals surface area contributed by atoms with Crippen molar-refractivity contribution in [1.82, 2.24) is 0 Å². The highest BCUT2D eigenvalue weighted by molar-refractivity contribution is 5.87. The van der Waals surface area contributed by atoms with Crippen LogP contribution in [-0.4, -0.2) is 34.7 Å². The molecule has 0 aromatic carbocycles. The van der Waals surface area contributed by atoms with E-state index in [0.717, 1.165) is 0 Å². The van der Waals surface area contributed by atoms with E-state index < -0.39 is 29.7 Å². The molecule has 110 valence electrons. The average molecular weight is 282 g/mol. The Hall–Kier alpha value is -1.85. The van der Waals surface area contributed by atoms with Crippen LogP contribution < -0.4 is 0 Å². The van der Waals surface area contributed by atoms with Gasteiger partial charge in [0.2, 0.25) is 0 Å². The van der Waals surface area contributed by atoms with Gasteiger partial charge in [-0.15, -0.1) is 0 Å². The maximum Gasteiger partial charge on any atom is 0.333 e. The lowest BCUT2D eigenvalue weighted by Crippen LogP contribution is -2.39. The standard InChI is InChI=1S/C14H18O6/c1-6(2)14(19)20-5-8-3-7-4-9(8)11(13(17)18)10(7)12(15)16/h7-11H,1,3-5H2,2H3,(H,15,16)(H,17,18). The molecule has 2 aliphatic rings. The number of carboxylic acids is 2. The molecule has 0 radical (unpaired) electrons. The topological polar surface area (TPSA) is 101 Å². The van der Waals surface area contributed by atoms with Gasteiger partial charge in [0.15, 0.2) is 0 Å². The summed E-state index contributed by atoms with van der Waals surface area (Å²) in [6.07, 6.45) is 1.19. The Kier molecular flexibility index (Phi) is 3.83. The highest BCUT2D eigenvalue weighted by atomic mass is 16.5. The van der Waals surface area contributed by atoms with E-state index in [0.29, 0.717) is 18.4 Å². The maximum absolute atomic E-state index is 11.4. The molecular weight excluding hydrogens is 264 g/mol. The summed E-state index contributed by atoms with van der Waals surface area (Å²) in [7, 11) is 0. The van der Waals surface area contributed by atoms with Crippen molar-refractivity contribution in [2.45, 2.75) is 19.8 Å². The summed E-state index contributed by atoms with van der Waals surface area (Å²) < 4.78 is 5.08. The van der Waals surface area contributed by atoms with Gasteiger partial charge in [-0.3, -0.25) is 9.59 Å². The molecule has 5 unspecified atom stereocenters. The molecule has 5 atom stereocenters. The first-order valence-corrected chi connectivity index (χ1v) is 6.61. The van der Waals surface area contributed by atoms with Crippen LogP contribution in [0.15, 0.2) is 12.2 Å². The molecule has 0 aromatic rings. The molecule has 2 fully saturated rings. The van der Waals surface area contributed by atoms with Crippen molar-refractivity contribution in [3.8, 4) is 0 Å². The Morgan fingerprint density at radius 2 is 1.75 bits per heavy atom. The molecule has 6 nitrogen and oxygen atoms in total. The van der Waals surface area contributed by atoms with Gasteiger partial charge in [0.1, 0.15) is 0 Å². The van der Waals surface area contributed by atoms with Crippen LogP contribution in [0.1, 0.15) is 19.8 Å². The Bertz CT molecular complexity index is 468. The minimum absolute atomic E-state index is 0.0694. The first-order chi connectivity index (χ1) is 9.32. The zero-order chi connectivity index (χ0) is 15.0. The molecule has 0 aromatic heterocycles. The summed E-state index contributed by atoms with van der Waals surface area (Å²) in [4.78, 5) is 33.9. The fourth-order valence-corrected chi connectivity index (χ4v) is 3.68. The second-order valence-electron chi connectivity index (χ2n) is 5.76. The summed E-state index contributed by atoms with van der Waals surface area (Å²) in [6, 6.07) is 0. The molecule has 0 heterocycles. The van der Waals surface area contributed by atoms with E-state index in [1.165, 1.54) is 0 Å². The number of hydrogen-bond acceptors (Lipinski definition) is 4. The number of fused-ring (bicyclic) bond motifs is 2. The van der Waals surface area contributed by atoms with Gasteiger partial charge in [-0.25, -0.2) is 4.79 Å². The summed E-state index contributed by atoms with van der Waals surface area (Å²) >= 11 is 0. The third-order valence-electron chi connectivity index (χ3n) is 4.49. The van der Waals surface area contributed by atoms with Crippen LogP contribution in [0, 0.1) is 29.6 Å². The van der Waals surface area contributed by atoms with E-state index in [-0.39, 0.29) is 24.4 Å². The normalized spacial score (nSPS) is 34.8.